The molecule has 0 bridgehead atoms. The minimum absolute atomic E-state index is 0.0253. The number of nitrogens with one attached hydrogen (secondary N) is 1. The van der Waals surface area contributed by atoms with Crippen LogP contribution in [0.5, 0.6) is 0 Å². The second-order valence-corrected chi connectivity index (χ2v) is 5.38. The van der Waals surface area contributed by atoms with Gasteiger partial charge in [-0.3, -0.25) is 4.79 Å². The van der Waals surface area contributed by atoms with Gasteiger partial charge in [0.1, 0.15) is 0 Å². The highest BCUT2D eigenvalue weighted by Gasteiger charge is 2.17. The Bertz CT molecular complexity index is 536. The molecule has 0 aliphatic rings. The van der Waals surface area contributed by atoms with Crippen LogP contribution in [0.2, 0.25) is 0 Å². The van der Waals surface area contributed by atoms with Crippen molar-refractivity contribution >= 4 is 17.3 Å². The van der Waals surface area contributed by atoms with Gasteiger partial charge in [-0.1, -0.05) is 6.07 Å². The van der Waals surface area contributed by atoms with Gasteiger partial charge < -0.3 is 14.6 Å². The number of rotatable bonds is 7. The van der Waals surface area contributed by atoms with Gasteiger partial charge in [-0.2, -0.15) is 0 Å². The number of ether oxygens (including phenoxy) is 1. The number of aryl methyl sites for hydroxylation is 1. The number of esters is 1. The van der Waals surface area contributed by atoms with Crippen LogP contribution in [0.1, 0.15) is 30.0 Å². The fourth-order valence-electron chi connectivity index (χ4n) is 2.02. The van der Waals surface area contributed by atoms with E-state index >= 15 is 0 Å². The van der Waals surface area contributed by atoms with Crippen LogP contribution < -0.4 is 5.32 Å². The Balaban J connectivity index is 2.02. The molecule has 0 amide bonds. The Labute approximate surface area is 122 Å². The van der Waals surface area contributed by atoms with Crippen LogP contribution in [0.15, 0.2) is 30.0 Å². The summed E-state index contributed by atoms with van der Waals surface area (Å²) < 4.78 is 6.85. The van der Waals surface area contributed by atoms with E-state index in [0.717, 1.165) is 17.1 Å². The first-order valence-corrected chi connectivity index (χ1v) is 7.45. The van der Waals surface area contributed by atoms with Gasteiger partial charge in [-0.15, -0.1) is 11.3 Å². The van der Waals surface area contributed by atoms with Crippen molar-refractivity contribution in [2.45, 2.75) is 32.5 Å². The molecule has 0 aliphatic heterocycles. The van der Waals surface area contributed by atoms with Crippen molar-refractivity contribution in [1.29, 1.82) is 0 Å². The topological polar surface area (TPSA) is 56.2 Å². The number of carbonyl (C=O) groups excluding carboxylic acids is 1. The SMILES string of the molecule is CCn1cncc1CNC(CC(=O)OC)c1cccs1. The molecule has 2 aromatic rings. The summed E-state index contributed by atoms with van der Waals surface area (Å²) in [6.07, 6.45) is 3.99. The Hall–Kier alpha value is -1.66. The highest BCUT2D eigenvalue weighted by molar-refractivity contribution is 7.10. The van der Waals surface area contributed by atoms with Crippen LogP contribution in [-0.2, 0) is 22.6 Å². The summed E-state index contributed by atoms with van der Waals surface area (Å²) in [6.45, 7) is 3.64. The highest BCUT2D eigenvalue weighted by Crippen LogP contribution is 2.22. The number of hydrogen-bond donors (Lipinski definition) is 1. The third-order valence-electron chi connectivity index (χ3n) is 3.15. The zero-order valence-electron chi connectivity index (χ0n) is 11.7. The van der Waals surface area contributed by atoms with E-state index in [0.29, 0.717) is 13.0 Å². The molecule has 0 spiro atoms. The van der Waals surface area contributed by atoms with Gasteiger partial charge in [0.25, 0.3) is 0 Å². The van der Waals surface area contributed by atoms with Gasteiger partial charge in [0.15, 0.2) is 0 Å². The summed E-state index contributed by atoms with van der Waals surface area (Å²) in [7, 11) is 1.42. The standard InChI is InChI=1S/C14H19N3O2S/c1-3-17-10-15-8-11(17)9-16-12(7-14(18)19-2)13-5-4-6-20-13/h4-6,8,10,12,16H,3,7,9H2,1-2H3. The number of methoxy groups -OCH3 is 1. The van der Waals surface area contributed by atoms with Crippen molar-refractivity contribution in [3.63, 3.8) is 0 Å². The predicted octanol–water partition coefficient (Wildman–Crippen LogP) is 2.36. The molecular formula is C14H19N3O2S. The van der Waals surface area contributed by atoms with E-state index in [4.69, 9.17) is 4.74 Å². The van der Waals surface area contributed by atoms with Crippen LogP contribution in [-0.4, -0.2) is 22.6 Å². The molecular weight excluding hydrogens is 274 g/mol. The van der Waals surface area contributed by atoms with Crippen molar-refractivity contribution in [3.8, 4) is 0 Å². The second-order valence-electron chi connectivity index (χ2n) is 4.40. The van der Waals surface area contributed by atoms with Crippen molar-refractivity contribution in [1.82, 2.24) is 14.9 Å². The normalized spacial score (nSPS) is 12.3. The number of nitrogens with zero attached hydrogens (tertiary/aromatic N) is 2. The lowest BCUT2D eigenvalue weighted by Crippen LogP contribution is -2.24. The van der Waals surface area contributed by atoms with Crippen LogP contribution in [0.3, 0.4) is 0 Å². The molecule has 20 heavy (non-hydrogen) atoms. The Morgan fingerprint density at radius 2 is 2.45 bits per heavy atom. The minimum atomic E-state index is -0.208. The van der Waals surface area contributed by atoms with Crippen molar-refractivity contribution < 1.29 is 9.53 Å². The fraction of sp³-hybridized carbons (Fsp3) is 0.429. The maximum Gasteiger partial charge on any atom is 0.307 e. The lowest BCUT2D eigenvalue weighted by Gasteiger charge is -2.16. The van der Waals surface area contributed by atoms with Crippen molar-refractivity contribution in [2.24, 2.45) is 0 Å². The molecule has 0 radical (unpaired) electrons. The molecule has 0 aromatic carbocycles. The third-order valence-corrected chi connectivity index (χ3v) is 4.14. The number of aromatic nitrogens is 2. The molecule has 0 saturated carbocycles. The first-order valence-electron chi connectivity index (χ1n) is 6.57. The van der Waals surface area contributed by atoms with Gasteiger partial charge >= 0.3 is 5.97 Å². The smallest absolute Gasteiger partial charge is 0.307 e. The quantitative estimate of drug-likeness (QED) is 0.796. The van der Waals surface area contributed by atoms with Crippen LogP contribution in [0.4, 0.5) is 0 Å². The molecule has 2 heterocycles. The van der Waals surface area contributed by atoms with Crippen molar-refractivity contribution in [2.75, 3.05) is 7.11 Å². The highest BCUT2D eigenvalue weighted by atomic mass is 32.1. The molecule has 1 N–H and O–H groups in total. The van der Waals surface area contributed by atoms with Crippen LogP contribution in [0.25, 0.3) is 0 Å². The van der Waals surface area contributed by atoms with E-state index in [1.54, 1.807) is 11.3 Å². The summed E-state index contributed by atoms with van der Waals surface area (Å²) in [5.41, 5.74) is 1.11. The maximum absolute atomic E-state index is 11.5. The Morgan fingerprint density at radius 1 is 1.60 bits per heavy atom. The van der Waals surface area contributed by atoms with Gasteiger partial charge in [-0.25, -0.2) is 4.98 Å². The zero-order chi connectivity index (χ0) is 14.4. The average molecular weight is 293 g/mol. The van der Waals surface area contributed by atoms with E-state index < -0.39 is 0 Å². The Morgan fingerprint density at radius 3 is 3.10 bits per heavy atom. The van der Waals surface area contributed by atoms with Gasteiger partial charge in [-0.05, 0) is 18.4 Å². The summed E-state index contributed by atoms with van der Waals surface area (Å²) in [5.74, 6) is -0.208. The number of thiophene rings is 1. The first-order chi connectivity index (χ1) is 9.74. The molecule has 6 heteroatoms. The minimum Gasteiger partial charge on any atom is -0.469 e. The van der Waals surface area contributed by atoms with E-state index in [1.165, 1.54) is 7.11 Å². The van der Waals surface area contributed by atoms with E-state index in [1.807, 2.05) is 30.0 Å². The lowest BCUT2D eigenvalue weighted by molar-refractivity contribution is -0.141. The van der Waals surface area contributed by atoms with Crippen molar-refractivity contribution in [3.05, 3.63) is 40.6 Å². The molecule has 108 valence electrons. The molecule has 5 nitrogen and oxygen atoms in total. The third kappa shape index (κ3) is 3.68. The largest absolute Gasteiger partial charge is 0.469 e. The number of carbonyl (C=O) groups is 1. The maximum atomic E-state index is 11.5. The van der Waals surface area contributed by atoms with E-state index in [9.17, 15) is 4.79 Å². The second kappa shape index (κ2) is 7.21. The predicted molar refractivity (Wildman–Crippen MR) is 78.4 cm³/mol. The monoisotopic (exact) mass is 293 g/mol. The molecule has 2 rings (SSSR count). The summed E-state index contributed by atoms with van der Waals surface area (Å²) in [5, 5.41) is 5.42. The van der Waals surface area contributed by atoms with Crippen LogP contribution in [0, 0.1) is 0 Å². The lowest BCUT2D eigenvalue weighted by atomic mass is 10.1. The van der Waals surface area contributed by atoms with E-state index in [-0.39, 0.29) is 12.0 Å². The summed E-state index contributed by atoms with van der Waals surface area (Å²) in [4.78, 5) is 16.8. The van der Waals surface area contributed by atoms with Gasteiger partial charge in [0, 0.05) is 24.2 Å². The Kier molecular flexibility index (Phi) is 5.31. The van der Waals surface area contributed by atoms with Gasteiger partial charge in [0.2, 0.25) is 0 Å². The average Bonchev–Trinajstić information content (AvgIpc) is 3.13. The van der Waals surface area contributed by atoms with E-state index in [2.05, 4.69) is 21.8 Å². The first kappa shape index (κ1) is 14.7. The molecule has 0 aliphatic carbocycles. The molecule has 0 fully saturated rings. The summed E-state index contributed by atoms with van der Waals surface area (Å²) in [6, 6.07) is 3.99. The molecule has 0 saturated heterocycles. The number of imidazole rings is 1. The number of hydrogen-bond acceptors (Lipinski definition) is 5. The van der Waals surface area contributed by atoms with Gasteiger partial charge in [0.05, 0.1) is 31.6 Å². The summed E-state index contributed by atoms with van der Waals surface area (Å²) >= 11 is 1.64. The fourth-order valence-corrected chi connectivity index (χ4v) is 2.82. The molecule has 1 unspecified atom stereocenters. The molecule has 1 atom stereocenters. The zero-order valence-corrected chi connectivity index (χ0v) is 12.5. The molecule has 2 aromatic heterocycles. The van der Waals surface area contributed by atoms with Crippen LogP contribution >= 0.6 is 11.3 Å².